The van der Waals surface area contributed by atoms with Crippen LogP contribution in [-0.2, 0) is 16.2 Å². The minimum atomic E-state index is -0.119. The Kier molecular flexibility index (Phi) is 19.2. The SMILES string of the molecule is CC1(C)c2cc(N(c3ccccc3)c3ccccc3)ccc2-c2c1ccc1oc3ccccc3c21.CC1(C)c2ccccc2-c2c1ccc1c2oc2cccc(-c3ccc(N(c4ccccc4)c4ccc5oc6ccccc6c5c4)cc3)c21.CC1(C)c2ccccc2-c2c1ccc1oc3c(-c4ccc(N(c5ccc(-c6ccccc6)cc5)c5ccc(-c6ccccc6)cc5)cc4)cccc3c21. The normalized spacial score (nSPS) is 13.2. The molecule has 0 aliphatic heterocycles. The molecule has 0 N–H and O–H groups in total. The maximum Gasteiger partial charge on any atom is 0.143 e. The van der Waals surface area contributed by atoms with E-state index >= 15 is 0 Å². The summed E-state index contributed by atoms with van der Waals surface area (Å²) >= 11 is 0. The zero-order valence-electron chi connectivity index (χ0n) is 76.3. The van der Waals surface area contributed by atoms with Gasteiger partial charge in [0.25, 0.3) is 0 Å². The molecule has 20 aromatic carbocycles. The second kappa shape index (κ2) is 32.2. The van der Waals surface area contributed by atoms with Gasteiger partial charge in [-0.15, -0.1) is 0 Å². The number of hydrogen-bond acceptors (Lipinski definition) is 7. The van der Waals surface area contributed by atoms with Crippen LogP contribution < -0.4 is 14.7 Å². The summed E-state index contributed by atoms with van der Waals surface area (Å²) < 4.78 is 25.9. The third kappa shape index (κ3) is 13.3. The van der Waals surface area contributed by atoms with E-state index < -0.39 is 0 Å². The monoisotopic (exact) mass is 1750 g/mol. The van der Waals surface area contributed by atoms with Crippen molar-refractivity contribution in [2.75, 3.05) is 14.7 Å². The smallest absolute Gasteiger partial charge is 0.143 e. The lowest BCUT2D eigenvalue weighted by atomic mass is 9.82. The number of fused-ring (bicyclic) bond motifs is 24. The Morgan fingerprint density at radius 1 is 0.162 bits per heavy atom. The van der Waals surface area contributed by atoms with E-state index in [9.17, 15) is 0 Å². The van der Waals surface area contributed by atoms with E-state index in [0.29, 0.717) is 0 Å². The van der Waals surface area contributed by atoms with Crippen molar-refractivity contribution in [2.24, 2.45) is 0 Å². The summed E-state index contributed by atoms with van der Waals surface area (Å²) in [6.07, 6.45) is 0. The second-order valence-electron chi connectivity index (χ2n) is 37.7. The molecular weight excluding hydrogens is 1660 g/mol. The van der Waals surface area contributed by atoms with Crippen molar-refractivity contribution in [1.29, 1.82) is 0 Å². The van der Waals surface area contributed by atoms with Gasteiger partial charge >= 0.3 is 0 Å². The molecule has 4 aromatic heterocycles. The predicted octanol–water partition coefficient (Wildman–Crippen LogP) is 36.7. The van der Waals surface area contributed by atoms with Gasteiger partial charge in [-0.05, 0) is 246 Å². The lowest BCUT2D eigenvalue weighted by molar-refractivity contribution is 0.653. The summed E-state index contributed by atoms with van der Waals surface area (Å²) in [7, 11) is 0. The van der Waals surface area contributed by atoms with Crippen LogP contribution in [0.2, 0.25) is 0 Å². The molecule has 0 atom stereocenters. The predicted molar refractivity (Wildman–Crippen MR) is 567 cm³/mol. The molecule has 0 fully saturated rings. The molecule has 0 amide bonds. The van der Waals surface area contributed by atoms with Crippen molar-refractivity contribution in [3.8, 4) is 77.9 Å². The summed E-state index contributed by atoms with van der Waals surface area (Å²) in [5.74, 6) is 0. The van der Waals surface area contributed by atoms with E-state index in [2.05, 4.69) is 493 Å². The Labute approximate surface area is 789 Å². The van der Waals surface area contributed by atoms with Gasteiger partial charge in [-0.3, -0.25) is 0 Å². The Balaban J connectivity index is 0.000000111. The van der Waals surface area contributed by atoms with Gasteiger partial charge < -0.3 is 32.4 Å². The van der Waals surface area contributed by atoms with E-state index in [1.807, 2.05) is 18.2 Å². The average Bonchev–Trinajstić information content (AvgIpc) is 1.54. The molecule has 7 nitrogen and oxygen atoms in total. The summed E-state index contributed by atoms with van der Waals surface area (Å²) in [6.45, 7) is 14.0. The summed E-state index contributed by atoms with van der Waals surface area (Å²) in [6, 6.07) is 162. The third-order valence-corrected chi connectivity index (χ3v) is 28.8. The Morgan fingerprint density at radius 2 is 0.478 bits per heavy atom. The third-order valence-electron chi connectivity index (χ3n) is 28.8. The van der Waals surface area contributed by atoms with Gasteiger partial charge in [-0.1, -0.05) is 351 Å². The van der Waals surface area contributed by atoms with Crippen molar-refractivity contribution in [1.82, 2.24) is 0 Å². The molecule has 3 aliphatic rings. The van der Waals surface area contributed by atoms with Gasteiger partial charge in [0.05, 0.1) is 0 Å². The summed E-state index contributed by atoms with van der Waals surface area (Å²) in [5, 5.41) is 9.31. The fourth-order valence-electron chi connectivity index (χ4n) is 22.2. The molecule has 27 rings (SSSR count). The van der Waals surface area contributed by atoms with Gasteiger partial charge in [0.2, 0.25) is 0 Å². The van der Waals surface area contributed by atoms with Gasteiger partial charge in [-0.2, -0.15) is 0 Å². The molecule has 648 valence electrons. The van der Waals surface area contributed by atoms with Crippen LogP contribution in [0.15, 0.2) is 473 Å². The van der Waals surface area contributed by atoms with Crippen molar-refractivity contribution < 1.29 is 17.7 Å². The fraction of sp³-hybridized carbons (Fsp3) is 0.0698. The zero-order valence-corrected chi connectivity index (χ0v) is 76.3. The van der Waals surface area contributed by atoms with Crippen molar-refractivity contribution in [2.45, 2.75) is 57.8 Å². The molecule has 0 unspecified atom stereocenters. The first-order chi connectivity index (χ1) is 66.7. The van der Waals surface area contributed by atoms with Crippen LogP contribution in [0.1, 0.15) is 74.9 Å². The molecule has 0 saturated carbocycles. The largest absolute Gasteiger partial charge is 0.456 e. The fourth-order valence-corrected chi connectivity index (χ4v) is 22.2. The van der Waals surface area contributed by atoms with Crippen LogP contribution in [0.5, 0.6) is 0 Å². The van der Waals surface area contributed by atoms with Crippen LogP contribution in [0.4, 0.5) is 51.2 Å². The maximum absolute atomic E-state index is 6.75. The van der Waals surface area contributed by atoms with Gasteiger partial charge in [0, 0.05) is 122 Å². The number of hydrogen-bond donors (Lipinski definition) is 0. The highest BCUT2D eigenvalue weighted by Crippen LogP contribution is 2.59. The number of benzene rings is 20. The van der Waals surface area contributed by atoms with E-state index in [4.69, 9.17) is 17.7 Å². The van der Waals surface area contributed by atoms with E-state index in [0.717, 1.165) is 139 Å². The highest BCUT2D eigenvalue weighted by Gasteiger charge is 2.41. The average molecular weight is 1750 g/mol. The number of nitrogens with zero attached hydrogens (tertiary/aromatic N) is 3. The summed E-state index contributed by atoms with van der Waals surface area (Å²) in [5.41, 5.74) is 42.3. The molecule has 24 aromatic rings. The molecule has 7 heteroatoms. The molecule has 0 radical (unpaired) electrons. The van der Waals surface area contributed by atoms with E-state index in [-0.39, 0.29) is 16.2 Å². The number of furan rings is 4. The molecular formula is C129H93N3O4. The van der Waals surface area contributed by atoms with Crippen LogP contribution in [-0.4, -0.2) is 0 Å². The first-order valence-electron chi connectivity index (χ1n) is 47.0. The van der Waals surface area contributed by atoms with E-state index in [1.54, 1.807) is 0 Å². The minimum Gasteiger partial charge on any atom is -0.456 e. The van der Waals surface area contributed by atoms with Crippen molar-refractivity contribution in [3.05, 3.63) is 488 Å². The van der Waals surface area contributed by atoms with Crippen LogP contribution in [0.3, 0.4) is 0 Å². The van der Waals surface area contributed by atoms with Crippen LogP contribution in [0, 0.1) is 0 Å². The number of para-hydroxylation sites is 6. The van der Waals surface area contributed by atoms with Gasteiger partial charge in [-0.25, -0.2) is 0 Å². The lowest BCUT2D eigenvalue weighted by Crippen LogP contribution is -2.16. The Hall–Kier alpha value is -17.0. The highest BCUT2D eigenvalue weighted by molar-refractivity contribution is 6.20. The standard InChI is InChI=1S/C51H37NO.C45H31NO2.C33H25NO/c1-51(2)45-19-10-9-16-43(45)48-46(51)32-33-47-49(48)44-18-11-17-42(50(44)53-47)38-24-30-41(31-25-38)52(39-26-20-36(21-27-39)34-12-5-3-6-13-34)40-28-22-37(23-29-40)35-14-7-4-8-15-35;1-45(2)37-16-8-6-14-34(37)43-38(45)25-24-35-42-32(15-10-18-41(42)48-44(35)43)28-19-21-30(22-20-28)46(29-11-4-3-5-12-29)31-23-26-40-36(27-31)33-13-7-9-17-39(33)47-40;1-33(2)27-19-20-30-32(26-15-9-10-16-29(26)35-30)31(27)25-18-17-24(21-28(25)33)34(22-11-5-3-6-12-22)23-13-7-4-8-14-23/h3-33H,1-2H3;3-27H,1-2H3;3-21H,1-2H3. The number of rotatable bonds is 13. The minimum absolute atomic E-state index is 0.0627. The molecule has 0 spiro atoms. The summed E-state index contributed by atoms with van der Waals surface area (Å²) in [4.78, 5) is 6.97. The van der Waals surface area contributed by atoms with Crippen molar-refractivity contribution in [3.63, 3.8) is 0 Å². The number of anilines is 9. The first kappa shape index (κ1) is 81.0. The molecule has 3 aliphatic carbocycles. The molecule has 136 heavy (non-hydrogen) atoms. The van der Waals surface area contributed by atoms with Crippen LogP contribution in [0.25, 0.3) is 166 Å². The van der Waals surface area contributed by atoms with Gasteiger partial charge in [0.15, 0.2) is 0 Å². The van der Waals surface area contributed by atoms with E-state index in [1.165, 1.54) is 111 Å². The highest BCUT2D eigenvalue weighted by atomic mass is 16.3. The topological polar surface area (TPSA) is 62.3 Å². The zero-order chi connectivity index (χ0) is 91.1. The van der Waals surface area contributed by atoms with Gasteiger partial charge in [0.1, 0.15) is 44.7 Å². The molecule has 0 bridgehead atoms. The maximum atomic E-state index is 6.75. The van der Waals surface area contributed by atoms with Crippen molar-refractivity contribution >= 4 is 139 Å². The Bertz CT molecular complexity index is 8650. The lowest BCUT2D eigenvalue weighted by Gasteiger charge is -2.28. The molecule has 4 heterocycles. The molecule has 0 saturated heterocycles. The van der Waals surface area contributed by atoms with Crippen LogP contribution >= 0.6 is 0 Å². The Morgan fingerprint density at radius 3 is 1.04 bits per heavy atom. The first-order valence-corrected chi connectivity index (χ1v) is 47.0. The second-order valence-corrected chi connectivity index (χ2v) is 37.7. The quantitative estimate of drug-likeness (QED) is 0.114.